The lowest BCUT2D eigenvalue weighted by atomic mass is 10.0. The lowest BCUT2D eigenvalue weighted by molar-refractivity contribution is -0.133. The van der Waals surface area contributed by atoms with Gasteiger partial charge < -0.3 is 10.6 Å². The van der Waals surface area contributed by atoms with E-state index in [-0.39, 0.29) is 17.9 Å². The van der Waals surface area contributed by atoms with Gasteiger partial charge in [0.25, 0.3) is 0 Å². The Bertz CT molecular complexity index is 189. The van der Waals surface area contributed by atoms with E-state index in [0.29, 0.717) is 0 Å². The van der Waals surface area contributed by atoms with Gasteiger partial charge >= 0.3 is 0 Å². The molecule has 2 N–H and O–H groups in total. The van der Waals surface area contributed by atoms with Crippen LogP contribution in [0.3, 0.4) is 0 Å². The van der Waals surface area contributed by atoms with Gasteiger partial charge in [-0.25, -0.2) is 0 Å². The van der Waals surface area contributed by atoms with E-state index < -0.39 is 0 Å². The van der Waals surface area contributed by atoms with Crippen LogP contribution >= 0.6 is 11.8 Å². The summed E-state index contributed by atoms with van der Waals surface area (Å²) in [5.74, 6) is 2.58. The first-order valence-electron chi connectivity index (χ1n) is 5.25. The van der Waals surface area contributed by atoms with Gasteiger partial charge in [0.2, 0.25) is 5.91 Å². The number of hydrogen-bond donors (Lipinski definition) is 1. The van der Waals surface area contributed by atoms with E-state index in [9.17, 15) is 4.79 Å². The summed E-state index contributed by atoms with van der Waals surface area (Å²) in [6.07, 6.45) is 1.10. The van der Waals surface area contributed by atoms with Crippen LogP contribution in [0.25, 0.3) is 0 Å². The molecule has 0 unspecified atom stereocenters. The summed E-state index contributed by atoms with van der Waals surface area (Å²) in [4.78, 5) is 13.8. The number of rotatable bonds is 2. The number of carbonyl (C=O) groups is 1. The van der Waals surface area contributed by atoms with Crippen LogP contribution in [0.4, 0.5) is 0 Å². The van der Waals surface area contributed by atoms with E-state index in [1.165, 1.54) is 5.75 Å². The van der Waals surface area contributed by atoms with E-state index in [2.05, 4.69) is 0 Å². The Morgan fingerprint density at radius 2 is 2.07 bits per heavy atom. The highest BCUT2D eigenvalue weighted by molar-refractivity contribution is 7.99. The monoisotopic (exact) mass is 216 g/mol. The van der Waals surface area contributed by atoms with Crippen molar-refractivity contribution in [2.45, 2.75) is 26.3 Å². The number of amides is 1. The lowest BCUT2D eigenvalue weighted by Gasteiger charge is -2.25. The zero-order valence-electron chi connectivity index (χ0n) is 9.03. The van der Waals surface area contributed by atoms with Gasteiger partial charge in [-0.1, -0.05) is 13.8 Å². The second-order valence-electron chi connectivity index (χ2n) is 4.06. The quantitative estimate of drug-likeness (QED) is 0.747. The summed E-state index contributed by atoms with van der Waals surface area (Å²) in [7, 11) is 0. The SMILES string of the molecule is CC(C)[C@H](N)C(=O)N1CCCSCC1. The van der Waals surface area contributed by atoms with Gasteiger partial charge in [0.15, 0.2) is 0 Å². The van der Waals surface area contributed by atoms with Crippen molar-refractivity contribution in [3.8, 4) is 0 Å². The summed E-state index contributed by atoms with van der Waals surface area (Å²) in [5, 5.41) is 0. The number of nitrogens with two attached hydrogens (primary N) is 1. The lowest BCUT2D eigenvalue weighted by Crippen LogP contribution is -2.47. The molecule has 82 valence electrons. The molecule has 1 aliphatic rings. The fourth-order valence-corrected chi connectivity index (χ4v) is 2.35. The van der Waals surface area contributed by atoms with Gasteiger partial charge in [-0.05, 0) is 18.1 Å². The molecule has 0 aliphatic carbocycles. The minimum Gasteiger partial charge on any atom is -0.340 e. The Balaban J connectivity index is 2.49. The van der Waals surface area contributed by atoms with Crippen molar-refractivity contribution in [2.24, 2.45) is 11.7 Å². The number of hydrogen-bond acceptors (Lipinski definition) is 3. The predicted octanol–water partition coefficient (Wildman–Crippen LogP) is 0.935. The summed E-state index contributed by atoms with van der Waals surface area (Å²) in [5.41, 5.74) is 5.84. The molecule has 1 saturated heterocycles. The molecular formula is C10H20N2OS. The molecule has 1 aliphatic heterocycles. The fraction of sp³-hybridized carbons (Fsp3) is 0.900. The highest BCUT2D eigenvalue weighted by atomic mass is 32.2. The number of nitrogens with zero attached hydrogens (tertiary/aromatic N) is 1. The van der Waals surface area contributed by atoms with Crippen LogP contribution in [-0.4, -0.2) is 41.4 Å². The van der Waals surface area contributed by atoms with Crippen LogP contribution in [0.5, 0.6) is 0 Å². The maximum absolute atomic E-state index is 11.9. The van der Waals surface area contributed by atoms with Crippen LogP contribution in [-0.2, 0) is 4.79 Å². The van der Waals surface area contributed by atoms with Crippen molar-refractivity contribution in [1.82, 2.24) is 4.90 Å². The molecule has 0 spiro atoms. The molecule has 3 nitrogen and oxygen atoms in total. The largest absolute Gasteiger partial charge is 0.340 e. The van der Waals surface area contributed by atoms with Crippen molar-refractivity contribution in [3.05, 3.63) is 0 Å². The maximum Gasteiger partial charge on any atom is 0.239 e. The summed E-state index contributed by atoms with van der Waals surface area (Å²) < 4.78 is 0. The van der Waals surface area contributed by atoms with Gasteiger partial charge in [0, 0.05) is 18.8 Å². The maximum atomic E-state index is 11.9. The third kappa shape index (κ3) is 3.17. The van der Waals surface area contributed by atoms with Crippen LogP contribution < -0.4 is 5.73 Å². The highest BCUT2D eigenvalue weighted by Crippen LogP contribution is 2.12. The molecule has 0 radical (unpaired) electrons. The smallest absolute Gasteiger partial charge is 0.239 e. The van der Waals surface area contributed by atoms with Crippen LogP contribution in [0, 0.1) is 5.92 Å². The second-order valence-corrected chi connectivity index (χ2v) is 5.29. The summed E-state index contributed by atoms with van der Waals surface area (Å²) in [6, 6.07) is -0.321. The first kappa shape index (κ1) is 11.9. The molecule has 0 aromatic carbocycles. The molecule has 1 fully saturated rings. The second kappa shape index (κ2) is 5.61. The van der Waals surface area contributed by atoms with Gasteiger partial charge in [-0.2, -0.15) is 11.8 Å². The minimum absolute atomic E-state index is 0.127. The first-order chi connectivity index (χ1) is 6.63. The zero-order valence-corrected chi connectivity index (χ0v) is 9.85. The Labute approximate surface area is 90.4 Å². The van der Waals surface area contributed by atoms with Gasteiger partial charge in [0.05, 0.1) is 6.04 Å². The van der Waals surface area contributed by atoms with E-state index in [4.69, 9.17) is 5.73 Å². The standard InChI is InChI=1S/C10H20N2OS/c1-8(2)9(11)10(13)12-4-3-6-14-7-5-12/h8-9H,3-7,11H2,1-2H3/t9-/m0/s1. The minimum atomic E-state index is -0.321. The van der Waals surface area contributed by atoms with Crippen molar-refractivity contribution in [1.29, 1.82) is 0 Å². The van der Waals surface area contributed by atoms with Crippen molar-refractivity contribution in [3.63, 3.8) is 0 Å². The van der Waals surface area contributed by atoms with E-state index in [1.807, 2.05) is 30.5 Å². The summed E-state index contributed by atoms with van der Waals surface area (Å²) >= 11 is 1.92. The molecule has 1 atom stereocenters. The van der Waals surface area contributed by atoms with E-state index in [0.717, 1.165) is 25.3 Å². The predicted molar refractivity (Wildman–Crippen MR) is 61.3 cm³/mol. The molecule has 4 heteroatoms. The molecule has 0 bridgehead atoms. The van der Waals surface area contributed by atoms with Crippen LogP contribution in [0.1, 0.15) is 20.3 Å². The topological polar surface area (TPSA) is 46.3 Å². The Hall–Kier alpha value is -0.220. The average Bonchev–Trinajstić information content (AvgIpc) is 2.43. The highest BCUT2D eigenvalue weighted by Gasteiger charge is 2.23. The van der Waals surface area contributed by atoms with Crippen LogP contribution in [0.2, 0.25) is 0 Å². The third-order valence-corrected chi connectivity index (χ3v) is 3.59. The van der Waals surface area contributed by atoms with Gasteiger partial charge in [-0.3, -0.25) is 4.79 Å². The Morgan fingerprint density at radius 3 is 2.71 bits per heavy atom. The number of carbonyl (C=O) groups excluding carboxylic acids is 1. The molecule has 0 aromatic rings. The molecule has 1 rings (SSSR count). The van der Waals surface area contributed by atoms with E-state index >= 15 is 0 Å². The fourth-order valence-electron chi connectivity index (χ4n) is 1.46. The Kier molecular flexibility index (Phi) is 4.75. The van der Waals surface area contributed by atoms with Gasteiger partial charge in [0.1, 0.15) is 0 Å². The van der Waals surface area contributed by atoms with Gasteiger partial charge in [-0.15, -0.1) is 0 Å². The summed E-state index contributed by atoms with van der Waals surface area (Å²) in [6.45, 7) is 5.74. The van der Waals surface area contributed by atoms with Crippen molar-refractivity contribution in [2.75, 3.05) is 24.6 Å². The Morgan fingerprint density at radius 1 is 1.36 bits per heavy atom. The normalized spacial score (nSPS) is 20.7. The number of thioether (sulfide) groups is 1. The third-order valence-electron chi connectivity index (χ3n) is 2.54. The zero-order chi connectivity index (χ0) is 10.6. The molecule has 1 heterocycles. The van der Waals surface area contributed by atoms with Crippen LogP contribution in [0.15, 0.2) is 0 Å². The molecule has 14 heavy (non-hydrogen) atoms. The molecular weight excluding hydrogens is 196 g/mol. The molecule has 1 amide bonds. The van der Waals surface area contributed by atoms with Crippen molar-refractivity contribution >= 4 is 17.7 Å². The first-order valence-corrected chi connectivity index (χ1v) is 6.40. The molecule has 0 aromatic heterocycles. The van der Waals surface area contributed by atoms with E-state index in [1.54, 1.807) is 0 Å². The molecule has 0 saturated carbocycles. The average molecular weight is 216 g/mol. The van der Waals surface area contributed by atoms with Crippen molar-refractivity contribution < 1.29 is 4.79 Å².